The van der Waals surface area contributed by atoms with E-state index in [9.17, 15) is 26.4 Å². The molecule has 4 aromatic rings. The molecule has 1 unspecified atom stereocenters. The van der Waals surface area contributed by atoms with Gasteiger partial charge in [-0.05, 0) is 127 Å². The van der Waals surface area contributed by atoms with Crippen molar-refractivity contribution in [2.75, 3.05) is 76.2 Å². The molecule has 0 bridgehead atoms. The van der Waals surface area contributed by atoms with Crippen molar-refractivity contribution in [1.29, 1.82) is 0 Å². The van der Waals surface area contributed by atoms with Crippen LogP contribution in [0.4, 0.5) is 18.9 Å². The molecule has 14 heteroatoms. The summed E-state index contributed by atoms with van der Waals surface area (Å²) in [4.78, 5) is 20.7. The van der Waals surface area contributed by atoms with E-state index in [0.29, 0.717) is 31.0 Å². The maximum Gasteiger partial charge on any atom is 0.501 e. The highest BCUT2D eigenvalue weighted by Gasteiger charge is 2.48. The van der Waals surface area contributed by atoms with Gasteiger partial charge >= 0.3 is 5.51 Å². The lowest BCUT2D eigenvalue weighted by Gasteiger charge is -2.39. The van der Waals surface area contributed by atoms with E-state index in [4.69, 9.17) is 16.3 Å². The van der Waals surface area contributed by atoms with Gasteiger partial charge in [0.2, 0.25) is 0 Å². The van der Waals surface area contributed by atoms with Crippen LogP contribution in [0.3, 0.4) is 0 Å². The molecule has 2 heterocycles. The van der Waals surface area contributed by atoms with Crippen LogP contribution in [0.5, 0.6) is 0 Å². The lowest BCUT2D eigenvalue weighted by atomic mass is 9.73. The topological polar surface area (TPSA) is 82.2 Å². The van der Waals surface area contributed by atoms with Crippen LogP contribution in [-0.2, 0) is 27.5 Å². The first-order chi connectivity index (χ1) is 30.1. The zero-order valence-electron chi connectivity index (χ0n) is 36.1. The number of nitrogens with one attached hydrogen (secondary N) is 1. The Bertz CT molecular complexity index is 2300. The Morgan fingerprint density at radius 3 is 2.27 bits per heavy atom. The number of thioether (sulfide) groups is 1. The molecule has 1 amide bonds. The number of anilines is 1. The second kappa shape index (κ2) is 21.0. The average molecular weight is 924 g/mol. The predicted octanol–water partition coefficient (Wildman–Crippen LogP) is 10.0. The van der Waals surface area contributed by atoms with Gasteiger partial charge in [0.25, 0.3) is 15.7 Å². The summed E-state index contributed by atoms with van der Waals surface area (Å²) >= 11 is 7.81. The van der Waals surface area contributed by atoms with Crippen molar-refractivity contribution < 1.29 is 31.1 Å². The summed E-state index contributed by atoms with van der Waals surface area (Å²) in [5, 5.41) is 3.53. The SMILES string of the molecule is CC1(C)CCC(c2ccc(Cl)cc2)=C(CN2CCN(c3ccc(C(=O)NCc4ccc(CC(CCN5CCOCC5)CSc5ccccc5)c(S(=O)(=O)C(F)(F)F)c4)cc3)CC2)C1. The monoisotopic (exact) mass is 922 g/mol. The van der Waals surface area contributed by atoms with E-state index < -0.39 is 26.1 Å². The number of rotatable bonds is 16. The highest BCUT2D eigenvalue weighted by molar-refractivity contribution is 7.99. The Morgan fingerprint density at radius 1 is 0.889 bits per heavy atom. The zero-order chi connectivity index (χ0) is 44.6. The molecular formula is C49H58ClF3N4O4S2. The van der Waals surface area contributed by atoms with E-state index in [1.807, 2.05) is 54.6 Å². The lowest BCUT2D eigenvalue weighted by molar-refractivity contribution is -0.0436. The Balaban J connectivity index is 0.974. The van der Waals surface area contributed by atoms with Crippen LogP contribution in [0, 0.1) is 11.3 Å². The van der Waals surface area contributed by atoms with E-state index in [0.717, 1.165) is 93.3 Å². The van der Waals surface area contributed by atoms with Gasteiger partial charge in [0, 0.05) is 79.3 Å². The predicted molar refractivity (Wildman–Crippen MR) is 248 cm³/mol. The summed E-state index contributed by atoms with van der Waals surface area (Å²) < 4.78 is 74.1. The van der Waals surface area contributed by atoms with Crippen LogP contribution in [0.15, 0.2) is 112 Å². The Kier molecular flexibility index (Phi) is 15.7. The molecule has 3 aliphatic rings. The molecule has 0 radical (unpaired) electrons. The molecule has 0 saturated carbocycles. The maximum absolute atomic E-state index is 14.2. The number of ether oxygens (including phenoxy) is 1. The van der Waals surface area contributed by atoms with Crippen molar-refractivity contribution in [1.82, 2.24) is 15.1 Å². The van der Waals surface area contributed by atoms with Gasteiger partial charge in [0.15, 0.2) is 0 Å². The van der Waals surface area contributed by atoms with Crippen molar-refractivity contribution in [3.8, 4) is 0 Å². The van der Waals surface area contributed by atoms with E-state index in [2.05, 4.69) is 46.0 Å². The summed E-state index contributed by atoms with van der Waals surface area (Å²) in [6, 6.07) is 29.5. The molecule has 8 nitrogen and oxygen atoms in total. The van der Waals surface area contributed by atoms with Gasteiger partial charge in [-0.3, -0.25) is 14.6 Å². The number of carbonyl (C=O) groups is 1. The molecule has 4 aromatic carbocycles. The Labute approximate surface area is 380 Å². The fourth-order valence-electron chi connectivity index (χ4n) is 8.83. The van der Waals surface area contributed by atoms with Crippen LogP contribution >= 0.6 is 23.4 Å². The minimum Gasteiger partial charge on any atom is -0.379 e. The van der Waals surface area contributed by atoms with Crippen LogP contribution in [-0.4, -0.2) is 101 Å². The minimum atomic E-state index is -5.68. The molecule has 0 spiro atoms. The Hall–Kier alpha value is -3.85. The number of halogens is 4. The normalized spacial score (nSPS) is 18.3. The first kappa shape index (κ1) is 47.1. The number of nitrogens with zero attached hydrogens (tertiary/aromatic N) is 3. The smallest absolute Gasteiger partial charge is 0.379 e. The van der Waals surface area contributed by atoms with Gasteiger partial charge in [0.05, 0.1) is 18.1 Å². The molecule has 1 aliphatic carbocycles. The van der Waals surface area contributed by atoms with Gasteiger partial charge in [-0.25, -0.2) is 8.42 Å². The van der Waals surface area contributed by atoms with Gasteiger partial charge in [-0.2, -0.15) is 13.2 Å². The molecule has 7 rings (SSSR count). The highest BCUT2D eigenvalue weighted by atomic mass is 35.5. The van der Waals surface area contributed by atoms with Gasteiger partial charge in [0.1, 0.15) is 0 Å². The number of piperazine rings is 1. The van der Waals surface area contributed by atoms with Gasteiger partial charge in [-0.1, -0.05) is 73.5 Å². The third-order valence-electron chi connectivity index (χ3n) is 12.5. The summed E-state index contributed by atoms with van der Waals surface area (Å²) in [5.41, 5.74) is 0.783. The quantitative estimate of drug-likeness (QED) is 0.111. The largest absolute Gasteiger partial charge is 0.501 e. The van der Waals surface area contributed by atoms with Crippen molar-refractivity contribution in [2.45, 2.75) is 67.8 Å². The standard InChI is InChI=1S/C49H58ClF3N4O4S2/c1-48(2)20-18-45(38-10-14-42(50)15-11-38)41(32-48)34-56-22-24-57(25-23-56)43-16-12-39(13-17-43)47(58)54-33-36-8-9-40(46(31-36)63(59,60)49(51,52)53)30-37(19-21-55-26-28-61-29-27-55)35-62-44-6-4-3-5-7-44/h3-17,31,37H,18-30,32-35H2,1-2H3,(H,54,58). The first-order valence-corrected chi connectivity index (χ1v) is 24.7. The third kappa shape index (κ3) is 12.7. The average Bonchev–Trinajstić information content (AvgIpc) is 3.27. The molecule has 63 heavy (non-hydrogen) atoms. The van der Waals surface area contributed by atoms with E-state index in [1.54, 1.807) is 30.0 Å². The van der Waals surface area contributed by atoms with Crippen molar-refractivity contribution in [3.05, 3.63) is 130 Å². The molecular weight excluding hydrogens is 865 g/mol. The number of carbonyl (C=O) groups excluding carboxylic acids is 1. The summed E-state index contributed by atoms with van der Waals surface area (Å²) in [6.45, 7) is 12.6. The molecule has 1 N–H and O–H groups in total. The van der Waals surface area contributed by atoms with E-state index >= 15 is 0 Å². The van der Waals surface area contributed by atoms with Gasteiger partial charge < -0.3 is 15.0 Å². The van der Waals surface area contributed by atoms with E-state index in [-0.39, 0.29) is 35.4 Å². The van der Waals surface area contributed by atoms with E-state index in [1.165, 1.54) is 22.8 Å². The number of amides is 1. The second-order valence-electron chi connectivity index (χ2n) is 17.8. The molecule has 0 aromatic heterocycles. The number of hydrogen-bond donors (Lipinski definition) is 1. The first-order valence-electron chi connectivity index (χ1n) is 21.9. The fraction of sp³-hybridized carbons (Fsp3) is 0.449. The summed E-state index contributed by atoms with van der Waals surface area (Å²) in [7, 11) is -5.68. The van der Waals surface area contributed by atoms with Crippen LogP contribution in [0.2, 0.25) is 5.02 Å². The highest BCUT2D eigenvalue weighted by Crippen LogP contribution is 2.43. The van der Waals surface area contributed by atoms with Crippen LogP contribution < -0.4 is 10.2 Å². The summed E-state index contributed by atoms with van der Waals surface area (Å²) in [6.07, 6.45) is 4.12. The molecule has 2 aliphatic heterocycles. The second-order valence-corrected chi connectivity index (χ2v) is 21.2. The van der Waals surface area contributed by atoms with Crippen LogP contribution in [0.1, 0.15) is 66.6 Å². The van der Waals surface area contributed by atoms with Crippen molar-refractivity contribution in [3.63, 3.8) is 0 Å². The minimum absolute atomic E-state index is 0.0987. The Morgan fingerprint density at radius 2 is 1.59 bits per heavy atom. The number of hydrogen-bond acceptors (Lipinski definition) is 8. The lowest BCUT2D eigenvalue weighted by Crippen LogP contribution is -2.47. The zero-order valence-corrected chi connectivity index (χ0v) is 38.5. The molecule has 2 fully saturated rings. The third-order valence-corrected chi connectivity index (χ3v) is 15.6. The number of benzene rings is 4. The van der Waals surface area contributed by atoms with Crippen molar-refractivity contribution in [2.24, 2.45) is 11.3 Å². The fourth-order valence-corrected chi connectivity index (χ4v) is 11.1. The van der Waals surface area contributed by atoms with Crippen molar-refractivity contribution >= 4 is 50.4 Å². The number of alkyl halides is 3. The molecule has 1 atom stereocenters. The number of sulfone groups is 1. The summed E-state index contributed by atoms with van der Waals surface area (Å²) in [5.74, 6) is 0.103. The molecule has 338 valence electrons. The van der Waals surface area contributed by atoms with Crippen LogP contribution in [0.25, 0.3) is 5.57 Å². The maximum atomic E-state index is 14.2. The molecule has 2 saturated heterocycles. The number of allylic oxidation sites excluding steroid dienone is 1. The van der Waals surface area contributed by atoms with Gasteiger partial charge in [-0.15, -0.1) is 11.8 Å². The number of morpholine rings is 1.